The molecule has 4 rings (SSSR count). The van der Waals surface area contributed by atoms with E-state index >= 15 is 0 Å². The monoisotopic (exact) mass is 536 g/mol. The van der Waals surface area contributed by atoms with Gasteiger partial charge in [0.2, 0.25) is 5.91 Å². The number of hydrogen-bond donors (Lipinski definition) is 1. The van der Waals surface area contributed by atoms with Crippen LogP contribution in [0.3, 0.4) is 0 Å². The summed E-state index contributed by atoms with van der Waals surface area (Å²) in [5, 5.41) is 12.7. The Morgan fingerprint density at radius 2 is 1.81 bits per heavy atom. The molecule has 7 nitrogen and oxygen atoms in total. The fourth-order valence-corrected chi connectivity index (χ4v) is 4.75. The second kappa shape index (κ2) is 12.5. The van der Waals surface area contributed by atoms with Crippen LogP contribution in [0.4, 0.5) is 24.7 Å². The standard InChI is InChI=1S/C25H28ClF3N6O.CH4/c26-19-2-4-23(31-17-19)34-13-11-33(12-14-34)8-7-24(36)35-9-5-20(6-10-35)32-21-3-1-18(16-30)22(15-21)25(27,28)29;/h1-4,15,17,20,32H,5-14H2;1H4. The Morgan fingerprint density at radius 3 is 2.41 bits per heavy atom. The summed E-state index contributed by atoms with van der Waals surface area (Å²) >= 11 is 5.91. The Bertz CT molecular complexity index is 1090. The topological polar surface area (TPSA) is 75.5 Å². The summed E-state index contributed by atoms with van der Waals surface area (Å²) in [6, 6.07) is 8.98. The maximum absolute atomic E-state index is 13.2. The number of nitrogens with zero attached hydrogens (tertiary/aromatic N) is 5. The number of likely N-dealkylation sites (tertiary alicyclic amines) is 1. The van der Waals surface area contributed by atoms with E-state index in [1.54, 1.807) is 12.3 Å². The first-order valence-electron chi connectivity index (χ1n) is 12.0. The van der Waals surface area contributed by atoms with Crippen LogP contribution in [0.5, 0.6) is 0 Å². The molecule has 200 valence electrons. The molecular formula is C26H32ClF3N6O. The molecule has 0 unspecified atom stereocenters. The minimum absolute atomic E-state index is 0. The van der Waals surface area contributed by atoms with Crippen LogP contribution in [0.2, 0.25) is 5.02 Å². The van der Waals surface area contributed by atoms with Gasteiger partial charge in [-0.1, -0.05) is 19.0 Å². The Morgan fingerprint density at radius 1 is 1.11 bits per heavy atom. The number of amides is 1. The van der Waals surface area contributed by atoms with Crippen LogP contribution in [0, 0.1) is 11.3 Å². The lowest BCUT2D eigenvalue weighted by Gasteiger charge is -2.36. The zero-order valence-corrected chi connectivity index (χ0v) is 20.5. The van der Waals surface area contributed by atoms with Gasteiger partial charge in [0.25, 0.3) is 0 Å². The highest BCUT2D eigenvalue weighted by Gasteiger charge is 2.34. The number of nitriles is 1. The van der Waals surface area contributed by atoms with Crippen molar-refractivity contribution in [2.45, 2.75) is 38.9 Å². The fourth-order valence-electron chi connectivity index (χ4n) is 4.64. The molecule has 11 heteroatoms. The van der Waals surface area contributed by atoms with Gasteiger partial charge in [-0.25, -0.2) is 4.98 Å². The normalized spacial score (nSPS) is 17.2. The Balaban J connectivity index is 0.00000380. The number of pyridine rings is 1. The van der Waals surface area contributed by atoms with Crippen LogP contribution in [-0.4, -0.2) is 72.5 Å². The summed E-state index contributed by atoms with van der Waals surface area (Å²) in [6.45, 7) is 5.22. The second-order valence-corrected chi connectivity index (χ2v) is 9.52. The van der Waals surface area contributed by atoms with Gasteiger partial charge < -0.3 is 15.1 Å². The van der Waals surface area contributed by atoms with Crippen molar-refractivity contribution >= 4 is 29.0 Å². The lowest BCUT2D eigenvalue weighted by Crippen LogP contribution is -2.48. The highest BCUT2D eigenvalue weighted by atomic mass is 35.5. The highest BCUT2D eigenvalue weighted by molar-refractivity contribution is 6.30. The lowest BCUT2D eigenvalue weighted by atomic mass is 10.0. The van der Waals surface area contributed by atoms with E-state index in [0.29, 0.717) is 49.6 Å². The van der Waals surface area contributed by atoms with Gasteiger partial charge in [0.05, 0.1) is 22.2 Å². The smallest absolute Gasteiger partial charge is 0.382 e. The summed E-state index contributed by atoms with van der Waals surface area (Å²) in [5.74, 6) is 1.01. The van der Waals surface area contributed by atoms with Crippen molar-refractivity contribution in [1.82, 2.24) is 14.8 Å². The highest BCUT2D eigenvalue weighted by Crippen LogP contribution is 2.34. The molecule has 0 bridgehead atoms. The third-order valence-corrected chi connectivity index (χ3v) is 6.94. The van der Waals surface area contributed by atoms with Gasteiger partial charge in [0, 0.05) is 70.2 Å². The maximum atomic E-state index is 13.2. The van der Waals surface area contributed by atoms with Crippen LogP contribution in [0.15, 0.2) is 36.5 Å². The maximum Gasteiger partial charge on any atom is 0.417 e. The van der Waals surface area contributed by atoms with Crippen molar-refractivity contribution in [2.24, 2.45) is 0 Å². The SMILES string of the molecule is C.N#Cc1ccc(NC2CCN(C(=O)CCN3CCN(c4ccc(Cl)cn4)CC3)CC2)cc1C(F)(F)F. The number of benzene rings is 1. The predicted molar refractivity (Wildman–Crippen MR) is 139 cm³/mol. The van der Waals surface area contributed by atoms with E-state index in [1.807, 2.05) is 17.0 Å². The molecule has 1 aromatic heterocycles. The van der Waals surface area contributed by atoms with E-state index in [2.05, 4.69) is 20.1 Å². The van der Waals surface area contributed by atoms with Crippen LogP contribution in [0.1, 0.15) is 37.8 Å². The quantitative estimate of drug-likeness (QED) is 0.567. The molecule has 1 N–H and O–H groups in total. The molecule has 0 aliphatic carbocycles. The number of aromatic nitrogens is 1. The molecule has 2 aliphatic heterocycles. The predicted octanol–water partition coefficient (Wildman–Crippen LogP) is 4.88. The van der Waals surface area contributed by atoms with E-state index in [0.717, 1.165) is 38.1 Å². The third-order valence-electron chi connectivity index (χ3n) is 6.71. The summed E-state index contributed by atoms with van der Waals surface area (Å²) in [7, 11) is 0. The molecule has 3 heterocycles. The van der Waals surface area contributed by atoms with Crippen LogP contribution in [0.25, 0.3) is 0 Å². The number of piperazine rings is 1. The van der Waals surface area contributed by atoms with E-state index in [4.69, 9.17) is 16.9 Å². The van der Waals surface area contributed by atoms with E-state index in [1.165, 1.54) is 12.1 Å². The third kappa shape index (κ3) is 7.49. The number of carbonyl (C=O) groups is 1. The zero-order chi connectivity index (χ0) is 25.7. The number of nitrogens with one attached hydrogen (secondary N) is 1. The molecule has 1 aromatic carbocycles. The number of rotatable bonds is 6. The molecule has 2 aliphatic rings. The number of halogens is 4. The fraction of sp³-hybridized carbons (Fsp3) is 0.500. The van der Waals surface area contributed by atoms with Gasteiger partial charge in [-0.15, -0.1) is 0 Å². The average molecular weight is 537 g/mol. The summed E-state index contributed by atoms with van der Waals surface area (Å²) in [5.41, 5.74) is -0.997. The van der Waals surface area contributed by atoms with Crippen molar-refractivity contribution in [2.75, 3.05) is 56.0 Å². The van der Waals surface area contributed by atoms with E-state index in [9.17, 15) is 18.0 Å². The van der Waals surface area contributed by atoms with Crippen molar-refractivity contribution in [3.05, 3.63) is 52.7 Å². The van der Waals surface area contributed by atoms with Crippen molar-refractivity contribution in [3.63, 3.8) is 0 Å². The molecule has 1 amide bonds. The largest absolute Gasteiger partial charge is 0.417 e. The summed E-state index contributed by atoms with van der Waals surface area (Å²) < 4.78 is 39.6. The first kappa shape index (κ1) is 28.5. The number of piperidine rings is 1. The van der Waals surface area contributed by atoms with Gasteiger partial charge in [-0.3, -0.25) is 9.69 Å². The van der Waals surface area contributed by atoms with Gasteiger partial charge in [0.1, 0.15) is 5.82 Å². The Hall–Kier alpha value is -3.03. The van der Waals surface area contributed by atoms with E-state index < -0.39 is 17.3 Å². The number of hydrogen-bond acceptors (Lipinski definition) is 6. The van der Waals surface area contributed by atoms with Crippen LogP contribution in [-0.2, 0) is 11.0 Å². The molecule has 0 radical (unpaired) electrons. The molecule has 2 fully saturated rings. The van der Waals surface area contributed by atoms with Crippen molar-refractivity contribution in [1.29, 1.82) is 5.26 Å². The first-order valence-corrected chi connectivity index (χ1v) is 12.4. The number of alkyl halides is 3. The van der Waals surface area contributed by atoms with Gasteiger partial charge in [-0.05, 0) is 43.2 Å². The minimum Gasteiger partial charge on any atom is -0.382 e. The molecule has 0 spiro atoms. The lowest BCUT2D eigenvalue weighted by molar-refractivity contribution is -0.137. The van der Waals surface area contributed by atoms with E-state index in [-0.39, 0.29) is 19.4 Å². The van der Waals surface area contributed by atoms with Crippen LogP contribution < -0.4 is 10.2 Å². The van der Waals surface area contributed by atoms with Gasteiger partial charge in [-0.2, -0.15) is 18.4 Å². The number of anilines is 2. The first-order chi connectivity index (χ1) is 17.2. The molecule has 0 saturated carbocycles. The average Bonchev–Trinajstić information content (AvgIpc) is 2.88. The van der Waals surface area contributed by atoms with Gasteiger partial charge >= 0.3 is 6.18 Å². The van der Waals surface area contributed by atoms with Crippen molar-refractivity contribution in [3.8, 4) is 6.07 Å². The zero-order valence-electron chi connectivity index (χ0n) is 19.8. The number of carbonyl (C=O) groups excluding carboxylic acids is 1. The molecular weight excluding hydrogens is 505 g/mol. The molecule has 37 heavy (non-hydrogen) atoms. The second-order valence-electron chi connectivity index (χ2n) is 9.08. The summed E-state index contributed by atoms with van der Waals surface area (Å²) in [6.07, 6.45) is -1.19. The van der Waals surface area contributed by atoms with Crippen molar-refractivity contribution < 1.29 is 18.0 Å². The Labute approximate surface area is 220 Å². The minimum atomic E-state index is -4.59. The molecule has 2 saturated heterocycles. The molecule has 0 atom stereocenters. The summed E-state index contributed by atoms with van der Waals surface area (Å²) in [4.78, 5) is 23.4. The van der Waals surface area contributed by atoms with Crippen LogP contribution >= 0.6 is 11.6 Å². The molecule has 2 aromatic rings. The van der Waals surface area contributed by atoms with Gasteiger partial charge in [0.15, 0.2) is 0 Å². The Kier molecular flexibility index (Phi) is 9.62.